The van der Waals surface area contributed by atoms with Gasteiger partial charge in [0.1, 0.15) is 17.4 Å². The van der Waals surface area contributed by atoms with Crippen LogP contribution in [-0.2, 0) is 9.59 Å². The number of anilines is 1. The van der Waals surface area contributed by atoms with Crippen molar-refractivity contribution in [1.82, 2.24) is 0 Å². The molecule has 0 N–H and O–H groups in total. The van der Waals surface area contributed by atoms with E-state index in [1.54, 1.807) is 6.08 Å². The van der Waals surface area contributed by atoms with Gasteiger partial charge in [0, 0.05) is 6.07 Å². The summed E-state index contributed by atoms with van der Waals surface area (Å²) in [6.45, 7) is 5.73. The third-order valence-corrected chi connectivity index (χ3v) is 6.92. The van der Waals surface area contributed by atoms with E-state index in [0.29, 0.717) is 20.8 Å². The highest BCUT2D eigenvalue weighted by Crippen LogP contribution is 2.41. The Hall–Kier alpha value is -1.71. The molecule has 1 fully saturated rings. The number of rotatable bonds is 8. The number of imide groups is 1. The van der Waals surface area contributed by atoms with Gasteiger partial charge < -0.3 is 4.74 Å². The molecule has 0 saturated carbocycles. The van der Waals surface area contributed by atoms with Crippen LogP contribution in [0.3, 0.4) is 0 Å². The van der Waals surface area contributed by atoms with Crippen LogP contribution < -0.4 is 9.64 Å². The van der Waals surface area contributed by atoms with E-state index in [4.69, 9.17) is 16.3 Å². The van der Waals surface area contributed by atoms with Gasteiger partial charge in [0.05, 0.1) is 22.5 Å². The Morgan fingerprint density at radius 1 is 1.43 bits per heavy atom. The lowest BCUT2D eigenvalue weighted by Gasteiger charge is -2.21. The van der Waals surface area contributed by atoms with Crippen molar-refractivity contribution >= 4 is 37.7 Å². The van der Waals surface area contributed by atoms with Crippen LogP contribution >= 0.6 is 20.2 Å². The molecule has 0 radical (unpaired) electrons. The lowest BCUT2D eigenvalue weighted by Crippen LogP contribution is -2.31. The van der Waals surface area contributed by atoms with Gasteiger partial charge in [-0.3, -0.25) is 9.59 Å². The number of fused-ring (bicyclic) bond motifs is 1. The lowest BCUT2D eigenvalue weighted by atomic mass is 9.86. The van der Waals surface area contributed by atoms with Gasteiger partial charge in [-0.25, -0.2) is 9.29 Å². The van der Waals surface area contributed by atoms with Crippen LogP contribution in [0.4, 0.5) is 10.1 Å². The second kappa shape index (κ2) is 9.19. The second-order valence-electron chi connectivity index (χ2n) is 6.93. The summed E-state index contributed by atoms with van der Waals surface area (Å²) in [6, 6.07) is 2.50. The minimum Gasteiger partial charge on any atom is -0.485 e. The number of carbonyl (C=O) groups is 2. The molecule has 1 heterocycles. The first kappa shape index (κ1) is 21.0. The first-order chi connectivity index (χ1) is 13.5. The number of hydrogen-bond donors (Lipinski definition) is 0. The molecular formula is C21H24ClFNO3P. The predicted molar refractivity (Wildman–Crippen MR) is 112 cm³/mol. The fraction of sp³-hybridized carbons (Fsp3) is 0.429. The molecule has 2 aliphatic rings. The summed E-state index contributed by atoms with van der Waals surface area (Å²) in [5.41, 5.74) is -0.0820. The maximum atomic E-state index is 14.7. The van der Waals surface area contributed by atoms with E-state index in [0.717, 1.165) is 36.4 Å². The highest BCUT2D eigenvalue weighted by molar-refractivity contribution is 7.38. The number of ether oxygens (including phenoxy) is 1. The fourth-order valence-electron chi connectivity index (χ4n) is 3.57. The number of benzene rings is 1. The van der Waals surface area contributed by atoms with Crippen molar-refractivity contribution in [3.63, 3.8) is 0 Å². The molecule has 1 aromatic rings. The number of nitrogens with zero attached hydrogens (tertiary/aromatic N) is 1. The zero-order chi connectivity index (χ0) is 20.3. The average Bonchev–Trinajstić information content (AvgIpc) is 2.94. The normalized spacial score (nSPS) is 22.8. The van der Waals surface area contributed by atoms with Crippen LogP contribution in [0, 0.1) is 17.7 Å². The highest BCUT2D eigenvalue weighted by atomic mass is 35.5. The van der Waals surface area contributed by atoms with Crippen LogP contribution in [0.15, 0.2) is 36.9 Å². The summed E-state index contributed by atoms with van der Waals surface area (Å²) >= 11 is 6.19. The average molecular weight is 424 g/mol. The Kier molecular flexibility index (Phi) is 6.90. The summed E-state index contributed by atoms with van der Waals surface area (Å²) in [6.07, 6.45) is 9.49. The maximum absolute atomic E-state index is 14.7. The molecule has 0 bridgehead atoms. The summed E-state index contributed by atoms with van der Waals surface area (Å²) in [5.74, 6) is -2.15. The van der Waals surface area contributed by atoms with E-state index >= 15 is 0 Å². The number of carbonyl (C=O) groups excluding carboxylic acids is 2. The van der Waals surface area contributed by atoms with Crippen LogP contribution in [0.1, 0.15) is 32.6 Å². The van der Waals surface area contributed by atoms with Crippen LogP contribution in [0.25, 0.3) is 0 Å². The van der Waals surface area contributed by atoms with Gasteiger partial charge in [0.15, 0.2) is 0 Å². The number of amides is 2. The third kappa shape index (κ3) is 4.16. The molecule has 4 nitrogen and oxygen atoms in total. The molecule has 1 aromatic carbocycles. The standard InChI is InChI=1S/C21H24ClFNO3P/c1-3-5-10-28-19(4-2)27-18-12-17(16(23)11-15(18)22)24-20(25)13-8-6-7-9-14(13)21(24)26/h3,6,8,11-14,19,28H,1,4-5,7,9-10H2,2H3. The third-order valence-electron chi connectivity index (χ3n) is 5.07. The molecule has 0 spiro atoms. The molecule has 0 aromatic heterocycles. The van der Waals surface area contributed by atoms with E-state index in [-0.39, 0.29) is 22.5 Å². The first-order valence-corrected chi connectivity index (χ1v) is 11.2. The van der Waals surface area contributed by atoms with Gasteiger partial charge in [-0.2, -0.15) is 0 Å². The smallest absolute Gasteiger partial charge is 0.241 e. The predicted octanol–water partition coefficient (Wildman–Crippen LogP) is 5.30. The molecule has 4 unspecified atom stereocenters. The van der Waals surface area contributed by atoms with Crippen molar-refractivity contribution in [2.24, 2.45) is 11.8 Å². The number of halogens is 2. The number of hydrogen-bond acceptors (Lipinski definition) is 3. The second-order valence-corrected chi connectivity index (χ2v) is 8.89. The molecule has 28 heavy (non-hydrogen) atoms. The number of allylic oxidation sites excluding steroid dienone is 2. The topological polar surface area (TPSA) is 46.6 Å². The maximum Gasteiger partial charge on any atom is 0.241 e. The summed E-state index contributed by atoms with van der Waals surface area (Å²) in [7, 11) is 0.541. The van der Waals surface area contributed by atoms with Crippen molar-refractivity contribution in [3.8, 4) is 5.75 Å². The summed E-state index contributed by atoms with van der Waals surface area (Å²) < 4.78 is 20.7. The van der Waals surface area contributed by atoms with Gasteiger partial charge >= 0.3 is 0 Å². The van der Waals surface area contributed by atoms with E-state index < -0.39 is 23.6 Å². The minimum atomic E-state index is -0.705. The Balaban J connectivity index is 1.87. The van der Waals surface area contributed by atoms with Crippen molar-refractivity contribution in [1.29, 1.82) is 0 Å². The van der Waals surface area contributed by atoms with Gasteiger partial charge in [-0.15, -0.1) is 6.58 Å². The monoisotopic (exact) mass is 423 g/mol. The SMILES string of the molecule is C=CCCPC(CC)Oc1cc(N2C(=O)C3C=CCCC3C2=O)c(F)cc1Cl. The molecule has 3 rings (SSSR count). The molecule has 7 heteroatoms. The minimum absolute atomic E-state index is 0.0637. The molecule has 4 atom stereocenters. The van der Waals surface area contributed by atoms with Gasteiger partial charge in [-0.05, 0) is 37.9 Å². The van der Waals surface area contributed by atoms with E-state index in [1.807, 2.05) is 19.1 Å². The Bertz CT molecular complexity index is 813. The van der Waals surface area contributed by atoms with E-state index in [1.165, 1.54) is 6.07 Å². The molecule has 1 aliphatic carbocycles. The van der Waals surface area contributed by atoms with Crippen LogP contribution in [0.5, 0.6) is 5.75 Å². The van der Waals surface area contributed by atoms with E-state index in [2.05, 4.69) is 6.58 Å². The highest BCUT2D eigenvalue weighted by Gasteiger charge is 2.48. The Morgan fingerprint density at radius 2 is 2.21 bits per heavy atom. The van der Waals surface area contributed by atoms with Crippen LogP contribution in [0.2, 0.25) is 5.02 Å². The lowest BCUT2D eigenvalue weighted by molar-refractivity contribution is -0.122. The van der Waals surface area contributed by atoms with Gasteiger partial charge in [0.2, 0.25) is 11.8 Å². The molecule has 150 valence electrons. The zero-order valence-electron chi connectivity index (χ0n) is 15.8. The van der Waals surface area contributed by atoms with Crippen molar-refractivity contribution in [3.05, 3.63) is 47.8 Å². The summed E-state index contributed by atoms with van der Waals surface area (Å²) in [4.78, 5) is 26.5. The molecule has 1 aliphatic heterocycles. The Morgan fingerprint density at radius 3 is 2.89 bits per heavy atom. The molecule has 2 amide bonds. The van der Waals surface area contributed by atoms with E-state index in [9.17, 15) is 14.0 Å². The zero-order valence-corrected chi connectivity index (χ0v) is 17.5. The summed E-state index contributed by atoms with van der Waals surface area (Å²) in [5, 5.41) is 0.129. The first-order valence-electron chi connectivity index (χ1n) is 9.52. The van der Waals surface area contributed by atoms with Gasteiger partial charge in [0.25, 0.3) is 0 Å². The Labute approximate surface area is 171 Å². The van der Waals surface area contributed by atoms with Crippen molar-refractivity contribution in [2.75, 3.05) is 11.1 Å². The largest absolute Gasteiger partial charge is 0.485 e. The van der Waals surface area contributed by atoms with Crippen molar-refractivity contribution < 1.29 is 18.7 Å². The molecule has 1 saturated heterocycles. The van der Waals surface area contributed by atoms with Gasteiger partial charge in [-0.1, -0.05) is 45.3 Å². The fourth-order valence-corrected chi connectivity index (χ4v) is 4.96. The quantitative estimate of drug-likeness (QED) is 0.246. The molecular weight excluding hydrogens is 400 g/mol. The van der Waals surface area contributed by atoms with Crippen molar-refractivity contribution in [2.45, 2.75) is 38.5 Å². The van der Waals surface area contributed by atoms with Crippen LogP contribution in [-0.4, -0.2) is 23.8 Å².